The van der Waals surface area contributed by atoms with Crippen LogP contribution in [0.15, 0.2) is 90.2 Å². The summed E-state index contributed by atoms with van der Waals surface area (Å²) in [6, 6.07) is 21.2. The number of pyridine rings is 1. The van der Waals surface area contributed by atoms with E-state index in [2.05, 4.69) is 10.3 Å². The van der Waals surface area contributed by atoms with Gasteiger partial charge in [-0.3, -0.25) is 19.5 Å². The van der Waals surface area contributed by atoms with Gasteiger partial charge in [-0.15, -0.1) is 11.3 Å². The lowest BCUT2D eigenvalue weighted by Crippen LogP contribution is -2.32. The van der Waals surface area contributed by atoms with E-state index in [4.69, 9.17) is 0 Å². The molecule has 0 unspecified atom stereocenters. The molecule has 0 saturated heterocycles. The smallest absolute Gasteiger partial charge is 0.278 e. The van der Waals surface area contributed by atoms with Crippen LogP contribution in [0.25, 0.3) is 16.3 Å². The Morgan fingerprint density at radius 3 is 2.57 bits per heavy atom. The van der Waals surface area contributed by atoms with Crippen molar-refractivity contribution in [2.24, 2.45) is 0 Å². The Bertz CT molecular complexity index is 1280. The number of imide groups is 1. The van der Waals surface area contributed by atoms with E-state index in [0.717, 1.165) is 26.9 Å². The first-order valence-corrected chi connectivity index (χ1v) is 10.4. The first-order valence-electron chi connectivity index (χ1n) is 9.50. The first-order chi connectivity index (χ1) is 14.7. The second kappa shape index (κ2) is 7.57. The molecule has 5 nitrogen and oxygen atoms in total. The van der Waals surface area contributed by atoms with Crippen LogP contribution in [-0.4, -0.2) is 21.7 Å². The van der Waals surface area contributed by atoms with Crippen molar-refractivity contribution in [1.82, 2.24) is 9.88 Å². The van der Waals surface area contributed by atoms with Crippen molar-refractivity contribution >= 4 is 45.2 Å². The van der Waals surface area contributed by atoms with Gasteiger partial charge in [-0.2, -0.15) is 0 Å². The molecule has 1 N–H and O–H groups in total. The molecule has 2 amide bonds. The average molecular weight is 411 g/mol. The molecule has 0 radical (unpaired) electrons. The van der Waals surface area contributed by atoms with E-state index in [9.17, 15) is 9.59 Å². The number of carbonyl (C=O) groups excluding carboxylic acids is 2. The number of fused-ring (bicyclic) bond motifs is 1. The van der Waals surface area contributed by atoms with Crippen molar-refractivity contribution in [1.29, 1.82) is 0 Å². The summed E-state index contributed by atoms with van der Waals surface area (Å²) in [4.78, 5) is 32.7. The second-order valence-electron chi connectivity index (χ2n) is 6.94. The Morgan fingerprint density at radius 1 is 0.900 bits per heavy atom. The lowest BCUT2D eigenvalue weighted by atomic mass is 10.1. The van der Waals surface area contributed by atoms with Gasteiger partial charge in [0.05, 0.1) is 12.1 Å². The van der Waals surface area contributed by atoms with Crippen molar-refractivity contribution in [2.45, 2.75) is 6.54 Å². The van der Waals surface area contributed by atoms with Gasteiger partial charge in [-0.25, -0.2) is 0 Å². The number of hydrogen-bond acceptors (Lipinski definition) is 5. The van der Waals surface area contributed by atoms with Gasteiger partial charge < -0.3 is 5.32 Å². The van der Waals surface area contributed by atoms with Gasteiger partial charge in [0.25, 0.3) is 11.8 Å². The topological polar surface area (TPSA) is 62.3 Å². The van der Waals surface area contributed by atoms with Crippen molar-refractivity contribution in [3.05, 3.63) is 101 Å². The minimum atomic E-state index is -0.333. The molecule has 0 fully saturated rings. The van der Waals surface area contributed by atoms with Crippen LogP contribution in [0.1, 0.15) is 10.4 Å². The van der Waals surface area contributed by atoms with E-state index >= 15 is 0 Å². The third-order valence-corrected chi connectivity index (χ3v) is 5.94. The molecule has 0 saturated carbocycles. The van der Waals surface area contributed by atoms with E-state index in [1.54, 1.807) is 18.5 Å². The summed E-state index contributed by atoms with van der Waals surface area (Å²) < 4.78 is 0. The van der Waals surface area contributed by atoms with E-state index < -0.39 is 0 Å². The van der Waals surface area contributed by atoms with Crippen LogP contribution in [0.2, 0.25) is 0 Å². The molecule has 5 rings (SSSR count). The molecule has 0 aliphatic carbocycles. The lowest BCUT2D eigenvalue weighted by molar-refractivity contribution is -0.137. The molecule has 146 valence electrons. The summed E-state index contributed by atoms with van der Waals surface area (Å²) in [6.45, 7) is 0.182. The monoisotopic (exact) mass is 411 g/mol. The fraction of sp³-hybridized carbons (Fsp3) is 0.0417. The van der Waals surface area contributed by atoms with Gasteiger partial charge in [-0.05, 0) is 34.5 Å². The highest BCUT2D eigenvalue weighted by atomic mass is 32.1. The highest BCUT2D eigenvalue weighted by Crippen LogP contribution is 2.35. The molecule has 2 aromatic carbocycles. The molecular weight excluding hydrogens is 394 g/mol. The number of amides is 2. The number of nitrogens with zero attached hydrogens (tertiary/aromatic N) is 2. The fourth-order valence-electron chi connectivity index (χ4n) is 3.63. The van der Waals surface area contributed by atoms with Crippen molar-refractivity contribution < 1.29 is 9.59 Å². The Kier molecular flexibility index (Phi) is 4.61. The Labute approximate surface area is 177 Å². The molecule has 0 bridgehead atoms. The van der Waals surface area contributed by atoms with E-state index in [0.29, 0.717) is 11.3 Å². The maximum absolute atomic E-state index is 13.3. The highest BCUT2D eigenvalue weighted by molar-refractivity contribution is 7.11. The van der Waals surface area contributed by atoms with Gasteiger partial charge in [0.1, 0.15) is 5.70 Å². The minimum absolute atomic E-state index is 0.182. The van der Waals surface area contributed by atoms with Crippen LogP contribution >= 0.6 is 11.3 Å². The molecule has 3 heterocycles. The van der Waals surface area contributed by atoms with Crippen LogP contribution in [0.5, 0.6) is 0 Å². The van der Waals surface area contributed by atoms with Gasteiger partial charge in [0.2, 0.25) is 0 Å². The minimum Gasteiger partial charge on any atom is -0.350 e. The fourth-order valence-corrected chi connectivity index (χ4v) is 4.40. The summed E-state index contributed by atoms with van der Waals surface area (Å²) in [7, 11) is 0. The summed E-state index contributed by atoms with van der Waals surface area (Å²) in [5, 5.41) is 7.23. The number of hydrogen-bond donors (Lipinski definition) is 1. The van der Waals surface area contributed by atoms with Crippen LogP contribution in [-0.2, 0) is 16.1 Å². The molecule has 6 heteroatoms. The Balaban J connectivity index is 1.57. The molecule has 2 aromatic heterocycles. The third kappa shape index (κ3) is 3.17. The maximum atomic E-state index is 13.3. The number of aromatic nitrogens is 1. The van der Waals surface area contributed by atoms with E-state index in [1.165, 1.54) is 16.2 Å². The summed E-state index contributed by atoms with van der Waals surface area (Å²) in [6.07, 6.45) is 3.33. The molecule has 0 atom stereocenters. The zero-order chi connectivity index (χ0) is 20.5. The number of benzene rings is 2. The molecule has 4 aromatic rings. The quantitative estimate of drug-likeness (QED) is 0.484. The zero-order valence-corrected chi connectivity index (χ0v) is 16.7. The zero-order valence-electron chi connectivity index (χ0n) is 15.9. The molecular formula is C24H17N3O2S. The number of nitrogens with one attached hydrogen (secondary N) is 1. The SMILES string of the molecule is O=C1C(Nc2cccc3ccccc23)=C(c2cccs2)C(=O)N1Cc1cccnc1. The van der Waals surface area contributed by atoms with Gasteiger partial charge in [0, 0.05) is 28.3 Å². The van der Waals surface area contributed by atoms with Crippen molar-refractivity contribution in [3.63, 3.8) is 0 Å². The van der Waals surface area contributed by atoms with Crippen LogP contribution < -0.4 is 5.32 Å². The van der Waals surface area contributed by atoms with E-state index in [-0.39, 0.29) is 18.4 Å². The molecule has 0 spiro atoms. The maximum Gasteiger partial charge on any atom is 0.278 e. The van der Waals surface area contributed by atoms with Gasteiger partial charge >= 0.3 is 0 Å². The predicted molar refractivity (Wildman–Crippen MR) is 119 cm³/mol. The number of carbonyl (C=O) groups is 2. The normalized spacial score (nSPS) is 14.1. The van der Waals surface area contributed by atoms with Gasteiger partial charge in [-0.1, -0.05) is 48.5 Å². The lowest BCUT2D eigenvalue weighted by Gasteiger charge is -2.15. The summed E-state index contributed by atoms with van der Waals surface area (Å²) in [5.41, 5.74) is 2.31. The van der Waals surface area contributed by atoms with Crippen molar-refractivity contribution in [3.8, 4) is 0 Å². The van der Waals surface area contributed by atoms with Crippen LogP contribution in [0.3, 0.4) is 0 Å². The predicted octanol–water partition coefficient (Wildman–Crippen LogP) is 4.69. The molecule has 1 aliphatic heterocycles. The molecule has 1 aliphatic rings. The largest absolute Gasteiger partial charge is 0.350 e. The highest BCUT2D eigenvalue weighted by Gasteiger charge is 2.39. The number of rotatable bonds is 5. The second-order valence-corrected chi connectivity index (χ2v) is 7.88. The molecule has 30 heavy (non-hydrogen) atoms. The number of anilines is 1. The standard InChI is InChI=1S/C24H17N3O2S/c28-23-21(20-11-5-13-30-20)22(24(29)27(23)15-16-6-4-12-25-14-16)26-19-10-3-8-17-7-1-2-9-18(17)19/h1-14,26H,15H2. The summed E-state index contributed by atoms with van der Waals surface area (Å²) in [5.74, 6) is -0.630. The number of thiophene rings is 1. The first kappa shape index (κ1) is 18.3. The average Bonchev–Trinajstić information content (AvgIpc) is 3.38. The van der Waals surface area contributed by atoms with E-state index in [1.807, 2.05) is 66.0 Å². The summed E-state index contributed by atoms with van der Waals surface area (Å²) >= 11 is 1.44. The Morgan fingerprint density at radius 2 is 1.77 bits per heavy atom. The van der Waals surface area contributed by atoms with Crippen LogP contribution in [0, 0.1) is 0 Å². The van der Waals surface area contributed by atoms with Crippen molar-refractivity contribution in [2.75, 3.05) is 5.32 Å². The van der Waals surface area contributed by atoms with Crippen LogP contribution in [0.4, 0.5) is 5.69 Å². The third-order valence-electron chi connectivity index (χ3n) is 5.05. The Hall–Kier alpha value is -3.77. The van der Waals surface area contributed by atoms with Gasteiger partial charge in [0.15, 0.2) is 0 Å².